The van der Waals surface area contributed by atoms with E-state index in [0.29, 0.717) is 12.1 Å². The van der Waals surface area contributed by atoms with Crippen molar-refractivity contribution >= 4 is 15.9 Å². The Labute approximate surface area is 125 Å². The molecule has 0 atom stereocenters. The second kappa shape index (κ2) is 6.55. The third kappa shape index (κ3) is 4.80. The van der Waals surface area contributed by atoms with Gasteiger partial charge in [0.05, 0.1) is 12.3 Å². The maximum atomic E-state index is 12.3. The molecule has 0 unspecified atom stereocenters. The first-order valence-electron chi connectivity index (χ1n) is 6.92. The minimum atomic E-state index is -3.52. The molecule has 1 fully saturated rings. The van der Waals surface area contributed by atoms with Gasteiger partial charge in [0, 0.05) is 19.6 Å². The van der Waals surface area contributed by atoms with Gasteiger partial charge in [-0.2, -0.15) is 4.31 Å². The van der Waals surface area contributed by atoms with Gasteiger partial charge in [-0.3, -0.25) is 4.79 Å². The van der Waals surface area contributed by atoms with Crippen molar-refractivity contribution in [3.63, 3.8) is 0 Å². The van der Waals surface area contributed by atoms with E-state index < -0.39 is 10.0 Å². The van der Waals surface area contributed by atoms with Crippen LogP contribution in [0.4, 0.5) is 0 Å². The summed E-state index contributed by atoms with van der Waals surface area (Å²) in [4.78, 5) is 11.7. The number of nitrogens with zero attached hydrogens (tertiary/aromatic N) is 1. The zero-order valence-electron chi connectivity index (χ0n) is 12.1. The van der Waals surface area contributed by atoms with Crippen molar-refractivity contribution in [2.75, 3.05) is 13.6 Å². The quantitative estimate of drug-likeness (QED) is 0.751. The fourth-order valence-electron chi connectivity index (χ4n) is 1.97. The number of rotatable bonds is 7. The number of hydrogen-bond acceptors (Lipinski definition) is 4. The van der Waals surface area contributed by atoms with Crippen molar-refractivity contribution in [1.29, 1.82) is 0 Å². The Bertz CT molecular complexity index is 612. The van der Waals surface area contributed by atoms with Gasteiger partial charge < -0.3 is 11.1 Å². The average molecular weight is 311 g/mol. The van der Waals surface area contributed by atoms with Crippen LogP contribution in [-0.4, -0.2) is 38.3 Å². The highest BCUT2D eigenvalue weighted by Gasteiger charge is 2.26. The first-order valence-corrected chi connectivity index (χ1v) is 8.53. The fourth-order valence-corrected chi connectivity index (χ4v) is 3.10. The van der Waals surface area contributed by atoms with Crippen molar-refractivity contribution in [1.82, 2.24) is 9.62 Å². The maximum Gasteiger partial charge on any atom is 0.235 e. The van der Waals surface area contributed by atoms with Gasteiger partial charge in [-0.25, -0.2) is 8.42 Å². The third-order valence-corrected chi connectivity index (χ3v) is 5.14. The Morgan fingerprint density at radius 3 is 2.67 bits per heavy atom. The molecule has 6 nitrogen and oxygen atoms in total. The topological polar surface area (TPSA) is 92.5 Å². The smallest absolute Gasteiger partial charge is 0.235 e. The Kier molecular flexibility index (Phi) is 4.97. The summed E-state index contributed by atoms with van der Waals surface area (Å²) >= 11 is 0. The van der Waals surface area contributed by atoms with Crippen LogP contribution in [0.3, 0.4) is 0 Å². The predicted molar refractivity (Wildman–Crippen MR) is 80.8 cm³/mol. The van der Waals surface area contributed by atoms with E-state index in [0.717, 1.165) is 22.7 Å². The second-order valence-electron chi connectivity index (χ2n) is 5.38. The SMILES string of the molecule is CN(CC(=O)NC1CC1)S(=O)(=O)Cc1cccc(CN)c1. The maximum absolute atomic E-state index is 12.3. The van der Waals surface area contributed by atoms with E-state index >= 15 is 0 Å². The minimum Gasteiger partial charge on any atom is -0.352 e. The van der Waals surface area contributed by atoms with Crippen molar-refractivity contribution in [2.24, 2.45) is 5.73 Å². The molecule has 3 N–H and O–H groups in total. The molecule has 1 aliphatic rings. The van der Waals surface area contributed by atoms with E-state index in [1.54, 1.807) is 18.2 Å². The molecule has 7 heteroatoms. The first-order chi connectivity index (χ1) is 9.90. The summed E-state index contributed by atoms with van der Waals surface area (Å²) in [7, 11) is -2.09. The molecule has 0 saturated heterocycles. The van der Waals surface area contributed by atoms with Crippen molar-refractivity contribution in [2.45, 2.75) is 31.2 Å². The average Bonchev–Trinajstić information content (AvgIpc) is 3.22. The normalized spacial score (nSPS) is 15.2. The van der Waals surface area contributed by atoms with Crippen LogP contribution >= 0.6 is 0 Å². The molecule has 1 amide bonds. The summed E-state index contributed by atoms with van der Waals surface area (Å²) in [5.74, 6) is -0.382. The molecule has 0 radical (unpaired) electrons. The number of carbonyl (C=O) groups is 1. The molecule has 0 aliphatic heterocycles. The highest BCUT2D eigenvalue weighted by atomic mass is 32.2. The summed E-state index contributed by atoms with van der Waals surface area (Å²) < 4.78 is 25.6. The highest BCUT2D eigenvalue weighted by Crippen LogP contribution is 2.18. The number of sulfonamides is 1. The number of nitrogens with two attached hydrogens (primary N) is 1. The van der Waals surface area contributed by atoms with Gasteiger partial charge in [0.2, 0.25) is 15.9 Å². The van der Waals surface area contributed by atoms with Gasteiger partial charge in [0.1, 0.15) is 0 Å². The van der Waals surface area contributed by atoms with E-state index in [4.69, 9.17) is 5.73 Å². The van der Waals surface area contributed by atoms with Crippen LogP contribution < -0.4 is 11.1 Å². The summed E-state index contributed by atoms with van der Waals surface area (Å²) in [6.45, 7) is 0.225. The summed E-state index contributed by atoms with van der Waals surface area (Å²) in [6.07, 6.45) is 1.96. The molecular formula is C14H21N3O3S. The van der Waals surface area contributed by atoms with Gasteiger partial charge in [-0.15, -0.1) is 0 Å². The predicted octanol–water partition coefficient (Wildman–Crippen LogP) is 0.186. The lowest BCUT2D eigenvalue weighted by Gasteiger charge is -2.17. The Morgan fingerprint density at radius 1 is 1.38 bits per heavy atom. The van der Waals surface area contributed by atoms with Crippen LogP contribution in [0.5, 0.6) is 0 Å². The minimum absolute atomic E-state index is 0.131. The Morgan fingerprint density at radius 2 is 2.05 bits per heavy atom. The molecule has 0 aromatic heterocycles. The largest absolute Gasteiger partial charge is 0.352 e. The molecule has 1 saturated carbocycles. The standard InChI is InChI=1S/C14H21N3O3S/c1-17(9-14(18)16-13-5-6-13)21(19,20)10-12-4-2-3-11(7-12)8-15/h2-4,7,13H,5-6,8-10,15H2,1H3,(H,16,18). The lowest BCUT2D eigenvalue weighted by Crippen LogP contribution is -2.39. The van der Waals surface area contributed by atoms with Crippen LogP contribution in [-0.2, 0) is 27.1 Å². The molecule has 0 heterocycles. The molecule has 0 bridgehead atoms. The molecular weight excluding hydrogens is 290 g/mol. The highest BCUT2D eigenvalue weighted by molar-refractivity contribution is 7.88. The third-order valence-electron chi connectivity index (χ3n) is 3.36. The molecule has 1 aromatic carbocycles. The van der Waals surface area contributed by atoms with Crippen LogP contribution in [0.25, 0.3) is 0 Å². The van der Waals surface area contributed by atoms with Gasteiger partial charge in [-0.1, -0.05) is 24.3 Å². The second-order valence-corrected chi connectivity index (χ2v) is 7.45. The number of hydrogen-bond donors (Lipinski definition) is 2. The summed E-state index contributed by atoms with van der Waals surface area (Å²) in [6, 6.07) is 7.38. The van der Waals surface area contributed by atoms with Crippen molar-refractivity contribution in [3.05, 3.63) is 35.4 Å². The lowest BCUT2D eigenvalue weighted by atomic mass is 10.1. The molecule has 2 rings (SSSR count). The van der Waals surface area contributed by atoms with E-state index in [-0.39, 0.29) is 24.2 Å². The molecule has 0 spiro atoms. The van der Waals surface area contributed by atoms with Gasteiger partial charge in [0.25, 0.3) is 0 Å². The number of nitrogens with one attached hydrogen (secondary N) is 1. The van der Waals surface area contributed by atoms with Crippen LogP contribution in [0.1, 0.15) is 24.0 Å². The van der Waals surface area contributed by atoms with E-state index in [9.17, 15) is 13.2 Å². The zero-order chi connectivity index (χ0) is 15.5. The van der Waals surface area contributed by atoms with Gasteiger partial charge >= 0.3 is 0 Å². The zero-order valence-corrected chi connectivity index (χ0v) is 12.9. The van der Waals surface area contributed by atoms with Crippen LogP contribution in [0.15, 0.2) is 24.3 Å². The molecule has 1 aliphatic carbocycles. The first kappa shape index (κ1) is 15.9. The number of likely N-dealkylation sites (N-methyl/N-ethyl adjacent to an activating group) is 1. The summed E-state index contributed by atoms with van der Waals surface area (Å²) in [5.41, 5.74) is 7.11. The Balaban J connectivity index is 1.97. The molecule has 116 valence electrons. The van der Waals surface area contributed by atoms with Crippen LogP contribution in [0, 0.1) is 0 Å². The molecule has 1 aromatic rings. The van der Waals surface area contributed by atoms with Gasteiger partial charge in [0.15, 0.2) is 0 Å². The number of benzene rings is 1. The van der Waals surface area contributed by atoms with E-state index in [1.165, 1.54) is 7.05 Å². The fraction of sp³-hybridized carbons (Fsp3) is 0.500. The molecule has 21 heavy (non-hydrogen) atoms. The lowest BCUT2D eigenvalue weighted by molar-refractivity contribution is -0.121. The van der Waals surface area contributed by atoms with Crippen molar-refractivity contribution in [3.8, 4) is 0 Å². The van der Waals surface area contributed by atoms with E-state index in [1.807, 2.05) is 6.07 Å². The van der Waals surface area contributed by atoms with Crippen LogP contribution in [0.2, 0.25) is 0 Å². The number of carbonyl (C=O) groups excluding carboxylic acids is 1. The summed E-state index contributed by atoms with van der Waals surface area (Å²) in [5, 5.41) is 2.78. The van der Waals surface area contributed by atoms with E-state index in [2.05, 4.69) is 5.32 Å². The van der Waals surface area contributed by atoms with Crippen molar-refractivity contribution < 1.29 is 13.2 Å². The monoisotopic (exact) mass is 311 g/mol. The Hall–Kier alpha value is -1.44. The number of amides is 1. The van der Waals surface area contributed by atoms with Gasteiger partial charge in [-0.05, 0) is 24.0 Å².